The van der Waals surface area contributed by atoms with Gasteiger partial charge < -0.3 is 15.4 Å². The summed E-state index contributed by atoms with van der Waals surface area (Å²) in [5.74, 6) is 0.512. The molecular formula is C24H24FN3O2. The van der Waals surface area contributed by atoms with Gasteiger partial charge in [0.1, 0.15) is 5.82 Å². The number of ether oxygens (including phenoxy) is 1. The minimum atomic E-state index is -0.287. The maximum Gasteiger partial charge on any atom is 0.257 e. The summed E-state index contributed by atoms with van der Waals surface area (Å²) in [4.78, 5) is 17.4. The molecule has 2 aromatic carbocycles. The lowest BCUT2D eigenvalue weighted by molar-refractivity contribution is 0.102. The first-order valence-electron chi connectivity index (χ1n) is 9.94. The molecule has 154 valence electrons. The van der Waals surface area contributed by atoms with Gasteiger partial charge in [0, 0.05) is 11.8 Å². The normalized spacial score (nSPS) is 13.1. The summed E-state index contributed by atoms with van der Waals surface area (Å²) in [6, 6.07) is 13.9. The lowest BCUT2D eigenvalue weighted by Gasteiger charge is -2.16. The molecule has 1 aliphatic carbocycles. The van der Waals surface area contributed by atoms with E-state index in [0.717, 1.165) is 24.1 Å². The molecule has 1 heterocycles. The van der Waals surface area contributed by atoms with E-state index in [2.05, 4.69) is 15.6 Å². The van der Waals surface area contributed by atoms with Gasteiger partial charge in [-0.25, -0.2) is 9.37 Å². The SMILES string of the molecule is COc1ccc(NC(=O)c2ccc(C3CC3)cc2Nc2ccc(F)cc2C)c(C)n1. The van der Waals surface area contributed by atoms with Crippen LogP contribution in [0.25, 0.3) is 0 Å². The largest absolute Gasteiger partial charge is 0.481 e. The average molecular weight is 405 g/mol. The second-order valence-electron chi connectivity index (χ2n) is 7.60. The first-order valence-corrected chi connectivity index (χ1v) is 9.94. The highest BCUT2D eigenvalue weighted by molar-refractivity contribution is 6.08. The molecule has 1 saturated carbocycles. The average Bonchev–Trinajstić information content (AvgIpc) is 3.57. The zero-order valence-corrected chi connectivity index (χ0v) is 17.3. The first-order chi connectivity index (χ1) is 14.4. The summed E-state index contributed by atoms with van der Waals surface area (Å²) in [7, 11) is 1.55. The monoisotopic (exact) mass is 405 g/mol. The molecule has 5 nitrogen and oxygen atoms in total. The van der Waals surface area contributed by atoms with E-state index in [1.54, 1.807) is 25.3 Å². The number of halogens is 1. The van der Waals surface area contributed by atoms with Crippen LogP contribution >= 0.6 is 0 Å². The molecule has 0 bridgehead atoms. The van der Waals surface area contributed by atoms with Crippen LogP contribution < -0.4 is 15.4 Å². The van der Waals surface area contributed by atoms with Crippen molar-refractivity contribution in [2.45, 2.75) is 32.6 Å². The Bertz CT molecular complexity index is 1110. The Morgan fingerprint density at radius 2 is 1.80 bits per heavy atom. The van der Waals surface area contributed by atoms with Crippen LogP contribution in [0.1, 0.15) is 45.9 Å². The van der Waals surface area contributed by atoms with Crippen molar-refractivity contribution in [2.24, 2.45) is 0 Å². The van der Waals surface area contributed by atoms with Crippen LogP contribution in [0, 0.1) is 19.7 Å². The summed E-state index contributed by atoms with van der Waals surface area (Å²) in [6.45, 7) is 3.65. The van der Waals surface area contributed by atoms with Gasteiger partial charge in [-0.05, 0) is 80.1 Å². The van der Waals surface area contributed by atoms with Crippen molar-refractivity contribution >= 4 is 23.0 Å². The van der Waals surface area contributed by atoms with E-state index in [1.807, 2.05) is 32.0 Å². The lowest BCUT2D eigenvalue weighted by atomic mass is 10.0. The van der Waals surface area contributed by atoms with Crippen molar-refractivity contribution in [2.75, 3.05) is 17.7 Å². The highest BCUT2D eigenvalue weighted by atomic mass is 19.1. The van der Waals surface area contributed by atoms with Crippen LogP contribution in [-0.2, 0) is 0 Å². The quantitative estimate of drug-likeness (QED) is 0.551. The van der Waals surface area contributed by atoms with Crippen molar-refractivity contribution in [1.29, 1.82) is 0 Å². The van der Waals surface area contributed by atoms with Crippen molar-refractivity contribution in [3.8, 4) is 5.88 Å². The van der Waals surface area contributed by atoms with Gasteiger partial charge in [-0.1, -0.05) is 6.07 Å². The summed E-state index contributed by atoms with van der Waals surface area (Å²) in [6.07, 6.45) is 2.33. The molecule has 1 aliphatic rings. The van der Waals surface area contributed by atoms with Crippen molar-refractivity contribution < 1.29 is 13.9 Å². The number of benzene rings is 2. The maximum absolute atomic E-state index is 13.5. The summed E-state index contributed by atoms with van der Waals surface area (Å²) in [5, 5.41) is 6.26. The molecule has 3 aromatic rings. The Morgan fingerprint density at radius 1 is 1.03 bits per heavy atom. The Kier molecular flexibility index (Phi) is 5.40. The number of carbonyl (C=O) groups is 1. The molecule has 1 aromatic heterocycles. The predicted octanol–water partition coefficient (Wildman–Crippen LogP) is 5.72. The minimum Gasteiger partial charge on any atom is -0.481 e. The third-order valence-electron chi connectivity index (χ3n) is 5.31. The molecule has 30 heavy (non-hydrogen) atoms. The van der Waals surface area contributed by atoms with Gasteiger partial charge in [-0.15, -0.1) is 0 Å². The van der Waals surface area contributed by atoms with E-state index in [4.69, 9.17) is 4.74 Å². The fourth-order valence-corrected chi connectivity index (χ4v) is 3.42. The Hall–Kier alpha value is -3.41. The van der Waals surface area contributed by atoms with Gasteiger partial charge in [-0.3, -0.25) is 4.79 Å². The van der Waals surface area contributed by atoms with E-state index in [-0.39, 0.29) is 11.7 Å². The molecule has 0 spiro atoms. The summed E-state index contributed by atoms with van der Waals surface area (Å²) >= 11 is 0. The third-order valence-corrected chi connectivity index (χ3v) is 5.31. The van der Waals surface area contributed by atoms with E-state index >= 15 is 0 Å². The molecule has 6 heteroatoms. The molecule has 0 unspecified atom stereocenters. The number of aromatic nitrogens is 1. The number of methoxy groups -OCH3 is 1. The Labute approximate surface area is 175 Å². The van der Waals surface area contributed by atoms with Crippen molar-refractivity contribution in [3.63, 3.8) is 0 Å². The van der Waals surface area contributed by atoms with Gasteiger partial charge in [-0.2, -0.15) is 0 Å². The van der Waals surface area contributed by atoms with E-state index in [9.17, 15) is 9.18 Å². The number of carbonyl (C=O) groups excluding carboxylic acids is 1. The first kappa shape index (κ1) is 19.9. The Balaban J connectivity index is 1.65. The number of pyridine rings is 1. The molecule has 1 amide bonds. The second kappa shape index (κ2) is 8.14. The van der Waals surface area contributed by atoms with Gasteiger partial charge >= 0.3 is 0 Å². The molecule has 0 radical (unpaired) electrons. The smallest absolute Gasteiger partial charge is 0.257 e. The molecule has 2 N–H and O–H groups in total. The fraction of sp³-hybridized carbons (Fsp3) is 0.250. The number of hydrogen-bond donors (Lipinski definition) is 2. The van der Waals surface area contributed by atoms with Crippen LogP contribution in [0.3, 0.4) is 0 Å². The summed E-state index contributed by atoms with van der Waals surface area (Å²) < 4.78 is 18.6. The molecule has 4 rings (SSSR count). The molecule has 0 saturated heterocycles. The van der Waals surface area contributed by atoms with E-state index in [1.165, 1.54) is 17.7 Å². The fourth-order valence-electron chi connectivity index (χ4n) is 3.42. The second-order valence-corrected chi connectivity index (χ2v) is 7.60. The zero-order chi connectivity index (χ0) is 21.3. The number of nitrogens with zero attached hydrogens (tertiary/aromatic N) is 1. The highest BCUT2D eigenvalue weighted by Crippen LogP contribution is 2.41. The van der Waals surface area contributed by atoms with Gasteiger partial charge in [0.2, 0.25) is 5.88 Å². The Morgan fingerprint density at radius 3 is 2.47 bits per heavy atom. The predicted molar refractivity (Wildman–Crippen MR) is 116 cm³/mol. The molecule has 0 aliphatic heterocycles. The van der Waals surface area contributed by atoms with Crippen LogP contribution in [-0.4, -0.2) is 18.0 Å². The van der Waals surface area contributed by atoms with Crippen LogP contribution in [0.4, 0.5) is 21.5 Å². The van der Waals surface area contributed by atoms with Crippen molar-refractivity contribution in [1.82, 2.24) is 4.98 Å². The number of hydrogen-bond acceptors (Lipinski definition) is 4. The standard InChI is InChI=1S/C24H24FN3O2/c1-14-12-18(25)7-9-20(14)27-22-13-17(16-4-5-16)6-8-19(22)24(29)28-21-10-11-23(30-3)26-15(21)2/h6-13,16,27H,4-5H2,1-3H3,(H,28,29). The number of amides is 1. The molecular weight excluding hydrogens is 381 g/mol. The number of anilines is 3. The number of aryl methyl sites for hydroxylation is 2. The highest BCUT2D eigenvalue weighted by Gasteiger charge is 2.25. The van der Waals surface area contributed by atoms with E-state index in [0.29, 0.717) is 34.4 Å². The molecule has 1 fully saturated rings. The lowest BCUT2D eigenvalue weighted by Crippen LogP contribution is -2.15. The van der Waals surface area contributed by atoms with E-state index < -0.39 is 0 Å². The van der Waals surface area contributed by atoms with Gasteiger partial charge in [0.25, 0.3) is 5.91 Å². The topological polar surface area (TPSA) is 63.2 Å². The minimum absolute atomic E-state index is 0.241. The van der Waals surface area contributed by atoms with Crippen LogP contribution in [0.15, 0.2) is 48.5 Å². The van der Waals surface area contributed by atoms with Crippen molar-refractivity contribution in [3.05, 3.63) is 76.7 Å². The van der Waals surface area contributed by atoms with Gasteiger partial charge in [0.05, 0.1) is 29.7 Å². The number of nitrogens with one attached hydrogen (secondary N) is 2. The summed E-state index contributed by atoms with van der Waals surface area (Å²) in [5.41, 5.74) is 5.24. The maximum atomic E-state index is 13.5. The third kappa shape index (κ3) is 4.27. The zero-order valence-electron chi connectivity index (χ0n) is 17.3. The van der Waals surface area contributed by atoms with Crippen LogP contribution in [0.2, 0.25) is 0 Å². The van der Waals surface area contributed by atoms with Crippen LogP contribution in [0.5, 0.6) is 5.88 Å². The molecule has 0 atom stereocenters. The number of rotatable bonds is 6. The van der Waals surface area contributed by atoms with Gasteiger partial charge in [0.15, 0.2) is 0 Å².